The fourth-order valence-corrected chi connectivity index (χ4v) is 6.88. The van der Waals surface area contributed by atoms with Gasteiger partial charge in [-0.05, 0) is 72.3 Å². The third kappa shape index (κ3) is 4.85. The van der Waals surface area contributed by atoms with E-state index >= 15 is 0 Å². The molecule has 1 aromatic heterocycles. The minimum Gasteiger partial charge on any atom is -0.469 e. The lowest BCUT2D eigenvalue weighted by Crippen LogP contribution is -2.50. The SMILES string of the molecule is COC(=O)C(c1ccc(-c2ccccc2)cc1)C1CCC(C2NC(C(N)=O)Cc3c2[nH]c2ccccc32)CC1. The molecule has 6 nitrogen and oxygen atoms in total. The van der Waals surface area contributed by atoms with E-state index in [1.54, 1.807) is 0 Å². The third-order valence-electron chi connectivity index (χ3n) is 8.88. The first-order valence-corrected chi connectivity index (χ1v) is 13.9. The monoisotopic (exact) mass is 521 g/mol. The highest BCUT2D eigenvalue weighted by molar-refractivity contribution is 5.88. The second kappa shape index (κ2) is 10.7. The summed E-state index contributed by atoms with van der Waals surface area (Å²) in [6.07, 6.45) is 4.35. The van der Waals surface area contributed by atoms with Gasteiger partial charge in [0.05, 0.1) is 25.1 Å². The molecule has 0 spiro atoms. The Labute approximate surface area is 228 Å². The predicted molar refractivity (Wildman–Crippen MR) is 153 cm³/mol. The van der Waals surface area contributed by atoms with Gasteiger partial charge in [0, 0.05) is 16.6 Å². The molecule has 6 heteroatoms. The number of fused-ring (bicyclic) bond motifs is 3. The van der Waals surface area contributed by atoms with Crippen molar-refractivity contribution in [3.05, 3.63) is 95.7 Å². The van der Waals surface area contributed by atoms with Crippen LogP contribution in [0.1, 0.15) is 54.5 Å². The molecule has 3 unspecified atom stereocenters. The molecule has 200 valence electrons. The maximum Gasteiger partial charge on any atom is 0.313 e. The summed E-state index contributed by atoms with van der Waals surface area (Å²) < 4.78 is 5.29. The Bertz CT molecular complexity index is 1470. The molecule has 4 N–H and O–H groups in total. The van der Waals surface area contributed by atoms with Gasteiger partial charge in [0.2, 0.25) is 5.91 Å². The number of aromatic amines is 1. The van der Waals surface area contributed by atoms with Crippen LogP contribution in [0, 0.1) is 11.8 Å². The molecule has 2 heterocycles. The van der Waals surface area contributed by atoms with Crippen molar-refractivity contribution < 1.29 is 14.3 Å². The maximum absolute atomic E-state index is 13.0. The van der Waals surface area contributed by atoms with E-state index in [1.165, 1.54) is 23.8 Å². The first-order valence-electron chi connectivity index (χ1n) is 13.9. The number of aromatic nitrogens is 1. The molecule has 2 aliphatic rings. The number of benzene rings is 3. The molecular weight excluding hydrogens is 486 g/mol. The molecule has 1 aliphatic heterocycles. The number of rotatable bonds is 6. The lowest BCUT2D eigenvalue weighted by Gasteiger charge is -2.40. The zero-order valence-electron chi connectivity index (χ0n) is 22.2. The topological polar surface area (TPSA) is 97.2 Å². The Balaban J connectivity index is 1.22. The van der Waals surface area contributed by atoms with Crippen LogP contribution >= 0.6 is 0 Å². The molecule has 4 aromatic rings. The molecule has 1 saturated carbocycles. The number of H-pyrrole nitrogens is 1. The lowest BCUT2D eigenvalue weighted by molar-refractivity contribution is -0.144. The van der Waals surface area contributed by atoms with Gasteiger partial charge in [-0.15, -0.1) is 0 Å². The van der Waals surface area contributed by atoms with Gasteiger partial charge in [0.1, 0.15) is 0 Å². The summed E-state index contributed by atoms with van der Waals surface area (Å²) in [6, 6.07) is 26.5. The van der Waals surface area contributed by atoms with Crippen molar-refractivity contribution in [2.45, 2.75) is 50.1 Å². The quantitative estimate of drug-likeness (QED) is 0.286. The number of nitrogens with two attached hydrogens (primary N) is 1. The summed E-state index contributed by atoms with van der Waals surface area (Å²) in [7, 11) is 1.48. The summed E-state index contributed by atoms with van der Waals surface area (Å²) in [4.78, 5) is 28.9. The molecule has 1 aliphatic carbocycles. The molecule has 6 rings (SSSR count). The van der Waals surface area contributed by atoms with Crippen molar-refractivity contribution >= 4 is 22.8 Å². The first kappa shape index (κ1) is 25.4. The summed E-state index contributed by atoms with van der Waals surface area (Å²) in [5.74, 6) is -0.229. The number of ether oxygens (including phenoxy) is 1. The van der Waals surface area contributed by atoms with Crippen molar-refractivity contribution in [1.29, 1.82) is 0 Å². The number of hydrogen-bond donors (Lipinski definition) is 3. The van der Waals surface area contributed by atoms with E-state index in [0.717, 1.165) is 47.9 Å². The number of esters is 1. The van der Waals surface area contributed by atoms with Crippen LogP contribution in [-0.4, -0.2) is 30.0 Å². The minimum absolute atomic E-state index is 0.0290. The van der Waals surface area contributed by atoms with Crippen molar-refractivity contribution in [3.8, 4) is 11.1 Å². The molecule has 0 bridgehead atoms. The van der Waals surface area contributed by atoms with Crippen LogP contribution < -0.4 is 11.1 Å². The van der Waals surface area contributed by atoms with E-state index in [1.807, 2.05) is 30.3 Å². The standard InChI is InChI=1S/C33H35N3O3/c1-39-33(38)29(22-13-11-21(12-14-22)20-7-3-2-4-8-20)23-15-17-24(18-16-23)30-31-26(19-28(36-30)32(34)37)25-9-5-6-10-27(25)35-31/h2-14,23-24,28-30,35-36H,15-19H2,1H3,(H2,34,37). The molecular formula is C33H35N3O3. The predicted octanol–water partition coefficient (Wildman–Crippen LogP) is 5.64. The van der Waals surface area contributed by atoms with Crippen LogP contribution in [-0.2, 0) is 20.7 Å². The van der Waals surface area contributed by atoms with Gasteiger partial charge < -0.3 is 15.5 Å². The smallest absolute Gasteiger partial charge is 0.313 e. The summed E-state index contributed by atoms with van der Waals surface area (Å²) in [5.41, 5.74) is 12.6. The van der Waals surface area contributed by atoms with Gasteiger partial charge in [-0.2, -0.15) is 0 Å². The largest absolute Gasteiger partial charge is 0.469 e. The van der Waals surface area contributed by atoms with Crippen molar-refractivity contribution in [2.24, 2.45) is 17.6 Å². The number of primary amides is 1. The van der Waals surface area contributed by atoms with Gasteiger partial charge in [-0.1, -0.05) is 72.8 Å². The molecule has 3 atom stereocenters. The van der Waals surface area contributed by atoms with E-state index in [4.69, 9.17) is 10.5 Å². The molecule has 0 radical (unpaired) electrons. The van der Waals surface area contributed by atoms with E-state index in [0.29, 0.717) is 12.3 Å². The van der Waals surface area contributed by atoms with Gasteiger partial charge >= 0.3 is 5.97 Å². The number of carbonyl (C=O) groups is 2. The van der Waals surface area contributed by atoms with Gasteiger partial charge in [0.15, 0.2) is 0 Å². The van der Waals surface area contributed by atoms with Crippen LogP contribution in [0.2, 0.25) is 0 Å². The number of methoxy groups -OCH3 is 1. The third-order valence-corrected chi connectivity index (χ3v) is 8.88. The van der Waals surface area contributed by atoms with Gasteiger partial charge in [0.25, 0.3) is 0 Å². The second-order valence-electron chi connectivity index (χ2n) is 11.0. The Kier molecular flexibility index (Phi) is 6.96. The number of para-hydroxylation sites is 1. The highest BCUT2D eigenvalue weighted by Gasteiger charge is 2.40. The molecule has 1 amide bonds. The average Bonchev–Trinajstić information content (AvgIpc) is 3.36. The Hall–Kier alpha value is -3.90. The Morgan fingerprint density at radius 3 is 2.23 bits per heavy atom. The number of amides is 1. The Morgan fingerprint density at radius 1 is 0.872 bits per heavy atom. The van der Waals surface area contributed by atoms with Crippen LogP contribution in [0.5, 0.6) is 0 Å². The molecule has 39 heavy (non-hydrogen) atoms. The zero-order valence-corrected chi connectivity index (χ0v) is 22.2. The van der Waals surface area contributed by atoms with Crippen molar-refractivity contribution in [3.63, 3.8) is 0 Å². The fraction of sp³-hybridized carbons (Fsp3) is 0.333. The minimum atomic E-state index is -0.384. The van der Waals surface area contributed by atoms with E-state index in [-0.39, 0.29) is 35.8 Å². The summed E-state index contributed by atoms with van der Waals surface area (Å²) >= 11 is 0. The van der Waals surface area contributed by atoms with E-state index in [9.17, 15) is 9.59 Å². The summed E-state index contributed by atoms with van der Waals surface area (Å²) in [5, 5.41) is 4.74. The lowest BCUT2D eigenvalue weighted by atomic mass is 9.70. The van der Waals surface area contributed by atoms with Crippen LogP contribution in [0.25, 0.3) is 22.0 Å². The normalized spacial score (nSPS) is 23.6. The first-order chi connectivity index (χ1) is 19.0. The van der Waals surface area contributed by atoms with Gasteiger partial charge in [-0.25, -0.2) is 0 Å². The highest BCUT2D eigenvalue weighted by atomic mass is 16.5. The average molecular weight is 522 g/mol. The van der Waals surface area contributed by atoms with Crippen LogP contribution in [0.15, 0.2) is 78.9 Å². The summed E-state index contributed by atoms with van der Waals surface area (Å²) in [6.45, 7) is 0. The Morgan fingerprint density at radius 2 is 1.54 bits per heavy atom. The van der Waals surface area contributed by atoms with Crippen LogP contribution in [0.4, 0.5) is 0 Å². The molecule has 3 aromatic carbocycles. The van der Waals surface area contributed by atoms with E-state index < -0.39 is 0 Å². The maximum atomic E-state index is 13.0. The van der Waals surface area contributed by atoms with E-state index in [2.05, 4.69) is 58.8 Å². The van der Waals surface area contributed by atoms with Crippen LogP contribution in [0.3, 0.4) is 0 Å². The zero-order chi connectivity index (χ0) is 26.9. The highest BCUT2D eigenvalue weighted by Crippen LogP contribution is 2.45. The fourth-order valence-electron chi connectivity index (χ4n) is 6.88. The second-order valence-corrected chi connectivity index (χ2v) is 11.0. The number of carbonyl (C=O) groups excluding carboxylic acids is 2. The number of nitrogens with one attached hydrogen (secondary N) is 2. The molecule has 0 saturated heterocycles. The van der Waals surface area contributed by atoms with Crippen molar-refractivity contribution in [1.82, 2.24) is 10.3 Å². The van der Waals surface area contributed by atoms with Gasteiger partial charge in [-0.3, -0.25) is 14.9 Å². The molecule has 1 fully saturated rings. The van der Waals surface area contributed by atoms with Crippen molar-refractivity contribution in [2.75, 3.05) is 7.11 Å². The number of hydrogen-bond acceptors (Lipinski definition) is 4.